The molecule has 3 heteroatoms. The minimum atomic E-state index is -0.228. The van der Waals surface area contributed by atoms with E-state index >= 15 is 0 Å². The summed E-state index contributed by atoms with van der Waals surface area (Å²) in [6.07, 6.45) is 1.53. The first-order valence-corrected chi connectivity index (χ1v) is 3.12. The van der Waals surface area contributed by atoms with Crippen molar-refractivity contribution in [2.75, 3.05) is 6.61 Å². The standard InChI is InChI=1S/C8H7NO2/c10-6-2-4-7-3-1-5-9-8(7)11/h1,3,5,10H,6H2,(H,9,11). The second-order valence-corrected chi connectivity index (χ2v) is 1.87. The third-order valence-corrected chi connectivity index (χ3v) is 1.12. The normalized spacial score (nSPS) is 8.45. The van der Waals surface area contributed by atoms with E-state index < -0.39 is 0 Å². The average Bonchev–Trinajstić information content (AvgIpc) is 2.03. The monoisotopic (exact) mass is 149 g/mol. The summed E-state index contributed by atoms with van der Waals surface area (Å²) in [6, 6.07) is 3.28. The molecule has 1 heterocycles. The molecule has 1 aromatic rings. The Morgan fingerprint density at radius 1 is 1.64 bits per heavy atom. The molecule has 56 valence electrons. The van der Waals surface area contributed by atoms with E-state index in [0.717, 1.165) is 0 Å². The zero-order valence-corrected chi connectivity index (χ0v) is 5.79. The highest BCUT2D eigenvalue weighted by Crippen LogP contribution is 1.83. The molecule has 2 N–H and O–H groups in total. The summed E-state index contributed by atoms with van der Waals surface area (Å²) < 4.78 is 0. The highest BCUT2D eigenvalue weighted by Gasteiger charge is 1.89. The maximum atomic E-state index is 10.9. The van der Waals surface area contributed by atoms with Crippen LogP contribution in [0.5, 0.6) is 0 Å². The topological polar surface area (TPSA) is 53.1 Å². The van der Waals surface area contributed by atoms with Crippen LogP contribution >= 0.6 is 0 Å². The summed E-state index contributed by atoms with van der Waals surface area (Å²) in [5.41, 5.74) is 0.148. The van der Waals surface area contributed by atoms with Gasteiger partial charge in [-0.1, -0.05) is 11.8 Å². The first-order chi connectivity index (χ1) is 5.34. The Morgan fingerprint density at radius 3 is 3.09 bits per heavy atom. The summed E-state index contributed by atoms with van der Waals surface area (Å²) in [6.45, 7) is -0.228. The molecule has 0 saturated carbocycles. The fraction of sp³-hybridized carbons (Fsp3) is 0.125. The van der Waals surface area contributed by atoms with Crippen LogP contribution in [0.25, 0.3) is 0 Å². The molecule has 0 amide bonds. The summed E-state index contributed by atoms with van der Waals surface area (Å²) in [5, 5.41) is 8.33. The lowest BCUT2D eigenvalue weighted by Crippen LogP contribution is -2.07. The summed E-state index contributed by atoms with van der Waals surface area (Å²) in [7, 11) is 0. The largest absolute Gasteiger partial charge is 0.384 e. The number of aromatic nitrogens is 1. The van der Waals surface area contributed by atoms with Gasteiger partial charge in [0.05, 0.1) is 5.56 Å². The van der Waals surface area contributed by atoms with Crippen LogP contribution in [0.15, 0.2) is 23.1 Å². The van der Waals surface area contributed by atoms with Crippen molar-refractivity contribution in [1.29, 1.82) is 0 Å². The Kier molecular flexibility index (Phi) is 2.47. The molecule has 0 aliphatic heterocycles. The molecule has 1 rings (SSSR count). The van der Waals surface area contributed by atoms with Crippen LogP contribution in [0.1, 0.15) is 5.56 Å². The lowest BCUT2D eigenvalue weighted by molar-refractivity contribution is 0.350. The Balaban J connectivity index is 3.05. The van der Waals surface area contributed by atoms with Gasteiger partial charge in [0, 0.05) is 6.20 Å². The zero-order valence-electron chi connectivity index (χ0n) is 5.79. The van der Waals surface area contributed by atoms with Crippen molar-refractivity contribution in [2.24, 2.45) is 0 Å². The van der Waals surface area contributed by atoms with Crippen LogP contribution in [-0.4, -0.2) is 16.7 Å². The predicted octanol–water partition coefficient (Wildman–Crippen LogP) is -0.281. The highest BCUT2D eigenvalue weighted by atomic mass is 16.2. The summed E-state index contributed by atoms with van der Waals surface area (Å²) in [4.78, 5) is 13.4. The van der Waals surface area contributed by atoms with E-state index in [0.29, 0.717) is 5.56 Å². The van der Waals surface area contributed by atoms with E-state index in [4.69, 9.17) is 5.11 Å². The molecule has 0 fully saturated rings. The number of aliphatic hydroxyl groups is 1. The smallest absolute Gasteiger partial charge is 0.263 e. The molecule has 0 aromatic carbocycles. The second-order valence-electron chi connectivity index (χ2n) is 1.87. The third-order valence-electron chi connectivity index (χ3n) is 1.12. The van der Waals surface area contributed by atoms with Crippen LogP contribution in [0.3, 0.4) is 0 Å². The SMILES string of the molecule is O=c1[nH]cccc1C#CCO. The van der Waals surface area contributed by atoms with Gasteiger partial charge < -0.3 is 10.1 Å². The lowest BCUT2D eigenvalue weighted by atomic mass is 10.3. The van der Waals surface area contributed by atoms with Crippen molar-refractivity contribution in [3.63, 3.8) is 0 Å². The quantitative estimate of drug-likeness (QED) is 0.498. The van der Waals surface area contributed by atoms with Crippen LogP contribution in [0.4, 0.5) is 0 Å². The molecule has 0 radical (unpaired) electrons. The van der Waals surface area contributed by atoms with Gasteiger partial charge in [-0.2, -0.15) is 0 Å². The molecule has 0 aliphatic rings. The molecule has 0 spiro atoms. The Hall–Kier alpha value is -1.53. The fourth-order valence-electron chi connectivity index (χ4n) is 0.655. The van der Waals surface area contributed by atoms with Gasteiger partial charge in [-0.05, 0) is 12.1 Å². The van der Waals surface area contributed by atoms with Crippen molar-refractivity contribution < 1.29 is 5.11 Å². The molecular weight excluding hydrogens is 142 g/mol. The predicted molar refractivity (Wildman–Crippen MR) is 41.0 cm³/mol. The Labute approximate surface area is 63.7 Å². The van der Waals surface area contributed by atoms with Gasteiger partial charge >= 0.3 is 0 Å². The van der Waals surface area contributed by atoms with Gasteiger partial charge in [-0.25, -0.2) is 0 Å². The van der Waals surface area contributed by atoms with Crippen molar-refractivity contribution in [3.8, 4) is 11.8 Å². The maximum absolute atomic E-state index is 10.9. The lowest BCUT2D eigenvalue weighted by Gasteiger charge is -1.84. The summed E-state index contributed by atoms with van der Waals surface area (Å²) in [5.74, 6) is 4.91. The number of hydrogen-bond acceptors (Lipinski definition) is 2. The van der Waals surface area contributed by atoms with Crippen molar-refractivity contribution >= 4 is 0 Å². The number of aromatic amines is 1. The van der Waals surface area contributed by atoms with Gasteiger partial charge in [-0.15, -0.1) is 0 Å². The first kappa shape index (κ1) is 7.58. The molecule has 0 bridgehead atoms. The van der Waals surface area contributed by atoms with Gasteiger partial charge in [-0.3, -0.25) is 4.79 Å². The minimum Gasteiger partial charge on any atom is -0.384 e. The molecule has 0 aliphatic carbocycles. The Morgan fingerprint density at radius 2 is 2.45 bits per heavy atom. The summed E-state index contributed by atoms with van der Waals surface area (Å²) >= 11 is 0. The van der Waals surface area contributed by atoms with Gasteiger partial charge in [0.25, 0.3) is 5.56 Å². The minimum absolute atomic E-state index is 0.228. The van der Waals surface area contributed by atoms with Crippen molar-refractivity contribution in [3.05, 3.63) is 34.2 Å². The molecule has 0 saturated heterocycles. The van der Waals surface area contributed by atoms with E-state index in [1.54, 1.807) is 12.1 Å². The first-order valence-electron chi connectivity index (χ1n) is 3.12. The van der Waals surface area contributed by atoms with Crippen LogP contribution in [-0.2, 0) is 0 Å². The van der Waals surface area contributed by atoms with E-state index in [2.05, 4.69) is 16.8 Å². The molecule has 3 nitrogen and oxygen atoms in total. The third kappa shape index (κ3) is 1.95. The molecule has 0 atom stereocenters. The number of aliphatic hydroxyl groups excluding tert-OH is 1. The maximum Gasteiger partial charge on any atom is 0.263 e. The Bertz CT molecular complexity index is 343. The van der Waals surface area contributed by atoms with Crippen LogP contribution in [0.2, 0.25) is 0 Å². The fourth-order valence-corrected chi connectivity index (χ4v) is 0.655. The average molecular weight is 149 g/mol. The number of nitrogens with one attached hydrogen (secondary N) is 1. The molecule has 1 aromatic heterocycles. The van der Waals surface area contributed by atoms with E-state index in [9.17, 15) is 4.79 Å². The van der Waals surface area contributed by atoms with Gasteiger partial charge in [0.2, 0.25) is 0 Å². The van der Waals surface area contributed by atoms with E-state index in [1.165, 1.54) is 6.20 Å². The number of H-pyrrole nitrogens is 1. The number of hydrogen-bond donors (Lipinski definition) is 2. The zero-order chi connectivity index (χ0) is 8.10. The van der Waals surface area contributed by atoms with Crippen molar-refractivity contribution in [2.45, 2.75) is 0 Å². The van der Waals surface area contributed by atoms with Crippen LogP contribution in [0, 0.1) is 11.8 Å². The van der Waals surface area contributed by atoms with Gasteiger partial charge in [0.1, 0.15) is 6.61 Å². The second kappa shape index (κ2) is 3.59. The van der Waals surface area contributed by atoms with E-state index in [-0.39, 0.29) is 12.2 Å². The molecular formula is C8H7NO2. The van der Waals surface area contributed by atoms with Crippen molar-refractivity contribution in [1.82, 2.24) is 4.98 Å². The molecule has 11 heavy (non-hydrogen) atoms. The van der Waals surface area contributed by atoms with Crippen LogP contribution < -0.4 is 5.56 Å². The number of rotatable bonds is 0. The van der Waals surface area contributed by atoms with E-state index in [1.807, 2.05) is 0 Å². The molecule has 0 unspecified atom stereocenters. The van der Waals surface area contributed by atoms with Gasteiger partial charge in [0.15, 0.2) is 0 Å². The highest BCUT2D eigenvalue weighted by molar-refractivity contribution is 5.31. The number of pyridine rings is 1.